The number of hydrogen-bond acceptors (Lipinski definition) is 4. The molecule has 3 amide bonds. The first-order valence-electron chi connectivity index (χ1n) is 7.87. The number of amides is 3. The smallest absolute Gasteiger partial charge is 0.407 e. The monoisotopic (exact) mass is 321 g/mol. The van der Waals surface area contributed by atoms with Crippen molar-refractivity contribution >= 4 is 12.1 Å². The number of carbonyl (C=O) groups is 2. The third-order valence-corrected chi connectivity index (χ3v) is 3.45. The van der Waals surface area contributed by atoms with Crippen molar-refractivity contribution in [1.82, 2.24) is 16.0 Å². The van der Waals surface area contributed by atoms with Gasteiger partial charge in [-0.3, -0.25) is 0 Å². The van der Waals surface area contributed by atoms with Gasteiger partial charge in [0, 0.05) is 18.7 Å². The largest absolute Gasteiger partial charge is 0.493 e. The van der Waals surface area contributed by atoms with E-state index in [2.05, 4.69) is 16.0 Å². The van der Waals surface area contributed by atoms with Gasteiger partial charge in [-0.15, -0.1) is 0 Å². The van der Waals surface area contributed by atoms with E-state index >= 15 is 0 Å². The molecule has 3 N–H and O–H groups in total. The van der Waals surface area contributed by atoms with Crippen LogP contribution in [0.15, 0.2) is 24.3 Å². The molecule has 0 aliphatic carbocycles. The van der Waals surface area contributed by atoms with E-state index in [0.717, 1.165) is 24.2 Å². The molecule has 23 heavy (non-hydrogen) atoms. The Balaban J connectivity index is 1.78. The Morgan fingerprint density at radius 2 is 2.04 bits per heavy atom. The number of benzene rings is 1. The fraction of sp³-hybridized carbons (Fsp3) is 0.500. The second kappa shape index (κ2) is 8.87. The Kier molecular flexibility index (Phi) is 6.53. The quantitative estimate of drug-likeness (QED) is 0.723. The Morgan fingerprint density at radius 3 is 2.87 bits per heavy atom. The molecule has 1 aromatic rings. The minimum absolute atomic E-state index is 0.0771. The van der Waals surface area contributed by atoms with Crippen LogP contribution in [-0.4, -0.2) is 38.4 Å². The molecule has 0 saturated heterocycles. The second-order valence-corrected chi connectivity index (χ2v) is 5.13. The predicted octanol–water partition coefficient (Wildman–Crippen LogP) is 1.95. The van der Waals surface area contributed by atoms with Crippen molar-refractivity contribution < 1.29 is 19.1 Å². The number of rotatable bonds is 5. The summed E-state index contributed by atoms with van der Waals surface area (Å²) < 4.78 is 10.4. The van der Waals surface area contributed by atoms with Crippen LogP contribution in [0.2, 0.25) is 0 Å². The van der Waals surface area contributed by atoms with Crippen molar-refractivity contribution in [2.24, 2.45) is 0 Å². The van der Waals surface area contributed by atoms with Gasteiger partial charge in [0.05, 0.1) is 19.3 Å². The minimum atomic E-state index is -0.482. The van der Waals surface area contributed by atoms with E-state index in [4.69, 9.17) is 9.47 Å². The number of hydrogen-bond donors (Lipinski definition) is 3. The summed E-state index contributed by atoms with van der Waals surface area (Å²) in [6.07, 6.45) is 1.22. The van der Waals surface area contributed by atoms with Gasteiger partial charge in [-0.1, -0.05) is 18.2 Å². The highest BCUT2D eigenvalue weighted by molar-refractivity contribution is 5.74. The highest BCUT2D eigenvalue weighted by atomic mass is 16.5. The molecule has 0 saturated carbocycles. The number of carbonyl (C=O) groups excluding carboxylic acids is 2. The van der Waals surface area contributed by atoms with E-state index in [-0.39, 0.29) is 12.1 Å². The van der Waals surface area contributed by atoms with Crippen LogP contribution >= 0.6 is 0 Å². The summed E-state index contributed by atoms with van der Waals surface area (Å²) >= 11 is 0. The maximum absolute atomic E-state index is 12.0. The first-order valence-corrected chi connectivity index (χ1v) is 7.87. The lowest BCUT2D eigenvalue weighted by molar-refractivity contribution is 0.152. The van der Waals surface area contributed by atoms with Crippen molar-refractivity contribution in [2.75, 3.05) is 26.3 Å². The molecule has 1 atom stereocenters. The Hall–Kier alpha value is -2.44. The molecule has 1 heterocycles. The van der Waals surface area contributed by atoms with Crippen LogP contribution in [0.25, 0.3) is 0 Å². The van der Waals surface area contributed by atoms with E-state index in [1.165, 1.54) is 0 Å². The third kappa shape index (κ3) is 5.36. The summed E-state index contributed by atoms with van der Waals surface area (Å²) in [4.78, 5) is 23.1. The number of para-hydroxylation sites is 1. The third-order valence-electron chi connectivity index (χ3n) is 3.45. The van der Waals surface area contributed by atoms with Gasteiger partial charge in [-0.25, -0.2) is 9.59 Å². The standard InChI is InChI=1S/C16H23N3O4/c1-2-22-16(21)18-10-9-17-15(20)19-13-7-5-11-23-14-8-4-3-6-12(13)14/h3-4,6,8,13H,2,5,7,9-11H2,1H3,(H,18,21)(H2,17,19,20). The Labute approximate surface area is 135 Å². The Bertz CT molecular complexity index is 536. The zero-order valence-electron chi connectivity index (χ0n) is 13.3. The van der Waals surface area contributed by atoms with Crippen LogP contribution in [0.4, 0.5) is 9.59 Å². The summed E-state index contributed by atoms with van der Waals surface area (Å²) in [6.45, 7) is 3.36. The number of urea groups is 1. The number of fused-ring (bicyclic) bond motifs is 1. The molecule has 1 aromatic carbocycles. The van der Waals surface area contributed by atoms with Crippen molar-refractivity contribution in [3.8, 4) is 5.75 Å². The molecule has 126 valence electrons. The summed E-state index contributed by atoms with van der Waals surface area (Å²) in [5.41, 5.74) is 0.991. The first-order chi connectivity index (χ1) is 11.2. The van der Waals surface area contributed by atoms with Gasteiger partial charge in [0.25, 0.3) is 0 Å². The van der Waals surface area contributed by atoms with Gasteiger partial charge in [0.1, 0.15) is 5.75 Å². The molecule has 0 fully saturated rings. The molecular formula is C16H23N3O4. The summed E-state index contributed by atoms with van der Waals surface area (Å²) in [7, 11) is 0. The predicted molar refractivity (Wildman–Crippen MR) is 85.5 cm³/mol. The molecule has 0 spiro atoms. The van der Waals surface area contributed by atoms with Gasteiger partial charge >= 0.3 is 12.1 Å². The van der Waals surface area contributed by atoms with Gasteiger partial charge < -0.3 is 25.4 Å². The zero-order valence-corrected chi connectivity index (χ0v) is 13.3. The van der Waals surface area contributed by atoms with Gasteiger partial charge in [0.15, 0.2) is 0 Å². The highest BCUT2D eigenvalue weighted by Gasteiger charge is 2.20. The molecule has 7 nitrogen and oxygen atoms in total. The zero-order chi connectivity index (χ0) is 16.5. The SMILES string of the molecule is CCOC(=O)NCCNC(=O)NC1CCCOc2ccccc21. The summed E-state index contributed by atoms with van der Waals surface area (Å²) in [5, 5.41) is 8.22. The van der Waals surface area contributed by atoms with Crippen molar-refractivity contribution in [3.63, 3.8) is 0 Å². The maximum Gasteiger partial charge on any atom is 0.407 e. The maximum atomic E-state index is 12.0. The molecule has 0 radical (unpaired) electrons. The van der Waals surface area contributed by atoms with Crippen molar-refractivity contribution in [2.45, 2.75) is 25.8 Å². The van der Waals surface area contributed by atoms with Crippen LogP contribution in [0.3, 0.4) is 0 Å². The molecule has 1 unspecified atom stereocenters. The lowest BCUT2D eigenvalue weighted by Gasteiger charge is -2.18. The lowest BCUT2D eigenvalue weighted by Crippen LogP contribution is -2.41. The van der Waals surface area contributed by atoms with Crippen LogP contribution < -0.4 is 20.7 Å². The van der Waals surface area contributed by atoms with Crippen LogP contribution in [-0.2, 0) is 4.74 Å². The molecule has 1 aliphatic rings. The molecule has 7 heteroatoms. The van der Waals surface area contributed by atoms with Crippen LogP contribution in [0.5, 0.6) is 5.75 Å². The van der Waals surface area contributed by atoms with Gasteiger partial charge in [-0.2, -0.15) is 0 Å². The van der Waals surface area contributed by atoms with E-state index in [9.17, 15) is 9.59 Å². The van der Waals surface area contributed by atoms with Crippen LogP contribution in [0.1, 0.15) is 31.4 Å². The minimum Gasteiger partial charge on any atom is -0.493 e. The van der Waals surface area contributed by atoms with Gasteiger partial charge in [0.2, 0.25) is 0 Å². The van der Waals surface area contributed by atoms with Crippen molar-refractivity contribution in [1.29, 1.82) is 0 Å². The van der Waals surface area contributed by atoms with Crippen molar-refractivity contribution in [3.05, 3.63) is 29.8 Å². The van der Waals surface area contributed by atoms with E-state index in [1.807, 2.05) is 24.3 Å². The van der Waals surface area contributed by atoms with E-state index < -0.39 is 6.09 Å². The number of nitrogens with one attached hydrogen (secondary N) is 3. The molecule has 0 aromatic heterocycles. The average molecular weight is 321 g/mol. The first kappa shape index (κ1) is 16.9. The van der Waals surface area contributed by atoms with E-state index in [1.54, 1.807) is 6.92 Å². The molecule has 0 bridgehead atoms. The normalized spacial score (nSPS) is 16.3. The Morgan fingerprint density at radius 1 is 1.26 bits per heavy atom. The molecular weight excluding hydrogens is 298 g/mol. The number of ether oxygens (including phenoxy) is 2. The lowest BCUT2D eigenvalue weighted by atomic mass is 10.0. The summed E-state index contributed by atoms with van der Waals surface area (Å²) in [5.74, 6) is 0.819. The molecule has 1 aliphatic heterocycles. The average Bonchev–Trinajstić information content (AvgIpc) is 2.75. The topological polar surface area (TPSA) is 88.7 Å². The fourth-order valence-corrected chi connectivity index (χ4v) is 2.41. The number of alkyl carbamates (subject to hydrolysis) is 1. The summed E-state index contributed by atoms with van der Waals surface area (Å²) in [6, 6.07) is 7.39. The fourth-order valence-electron chi connectivity index (χ4n) is 2.41. The van der Waals surface area contributed by atoms with Gasteiger partial charge in [-0.05, 0) is 25.8 Å². The highest BCUT2D eigenvalue weighted by Crippen LogP contribution is 2.30. The van der Waals surface area contributed by atoms with E-state index in [0.29, 0.717) is 26.3 Å². The van der Waals surface area contributed by atoms with Crippen LogP contribution in [0, 0.1) is 0 Å². The second-order valence-electron chi connectivity index (χ2n) is 5.13. The molecule has 2 rings (SSSR count).